The van der Waals surface area contributed by atoms with Crippen molar-refractivity contribution in [2.75, 3.05) is 23.9 Å². The van der Waals surface area contributed by atoms with Gasteiger partial charge in [0.2, 0.25) is 5.91 Å². The summed E-state index contributed by atoms with van der Waals surface area (Å²) in [5.74, 6) is -0.162. The van der Waals surface area contributed by atoms with Crippen LogP contribution in [0.2, 0.25) is 5.02 Å². The summed E-state index contributed by atoms with van der Waals surface area (Å²) in [7, 11) is 1.48. The fraction of sp³-hybridized carbons (Fsp3) is 0.222. The number of methoxy groups -OCH3 is 1. The molecule has 1 fully saturated rings. The Morgan fingerprint density at radius 3 is 2.69 bits per heavy atom. The van der Waals surface area contributed by atoms with E-state index in [2.05, 4.69) is 10.6 Å². The molecule has 8 heteroatoms. The second kappa shape index (κ2) is 7.61. The molecule has 2 aromatic carbocycles. The maximum atomic E-state index is 13.0. The number of rotatable bonds is 4. The second-order valence-corrected chi connectivity index (χ2v) is 6.19. The van der Waals surface area contributed by atoms with Gasteiger partial charge in [0.25, 0.3) is 0 Å². The summed E-state index contributed by atoms with van der Waals surface area (Å²) in [4.78, 5) is 26.3. The molecule has 6 nitrogen and oxygen atoms in total. The Labute approximate surface area is 154 Å². The van der Waals surface area contributed by atoms with E-state index in [0.29, 0.717) is 35.1 Å². The highest BCUT2D eigenvalue weighted by Gasteiger charge is 2.33. The van der Waals surface area contributed by atoms with Crippen LogP contribution in [0.4, 0.5) is 20.6 Å². The Kier molecular flexibility index (Phi) is 5.27. The first kappa shape index (κ1) is 18.0. The minimum absolute atomic E-state index is 0.246. The molecule has 0 aliphatic carbocycles. The van der Waals surface area contributed by atoms with Gasteiger partial charge in [-0.05, 0) is 48.9 Å². The predicted molar refractivity (Wildman–Crippen MR) is 97.3 cm³/mol. The minimum Gasteiger partial charge on any atom is -0.495 e. The van der Waals surface area contributed by atoms with Crippen molar-refractivity contribution in [2.45, 2.75) is 12.5 Å². The molecule has 1 atom stereocenters. The second-order valence-electron chi connectivity index (χ2n) is 5.75. The number of anilines is 2. The maximum absolute atomic E-state index is 13.0. The van der Waals surface area contributed by atoms with Crippen molar-refractivity contribution < 1.29 is 18.7 Å². The highest BCUT2D eigenvalue weighted by atomic mass is 35.5. The maximum Gasteiger partial charge on any atom is 0.319 e. The van der Waals surface area contributed by atoms with Crippen LogP contribution < -0.4 is 20.3 Å². The van der Waals surface area contributed by atoms with E-state index in [1.54, 1.807) is 18.2 Å². The van der Waals surface area contributed by atoms with Crippen LogP contribution in [-0.2, 0) is 4.79 Å². The van der Waals surface area contributed by atoms with E-state index in [9.17, 15) is 14.0 Å². The van der Waals surface area contributed by atoms with E-state index in [4.69, 9.17) is 16.3 Å². The molecule has 1 aliphatic heterocycles. The zero-order chi connectivity index (χ0) is 18.7. The third kappa shape index (κ3) is 3.88. The Hall–Kier alpha value is -2.80. The lowest BCUT2D eigenvalue weighted by atomic mass is 10.2. The molecule has 2 N–H and O–H groups in total. The van der Waals surface area contributed by atoms with E-state index in [1.807, 2.05) is 0 Å². The van der Waals surface area contributed by atoms with Gasteiger partial charge in [0.05, 0.1) is 12.8 Å². The molecule has 1 aliphatic rings. The number of nitrogens with zero attached hydrogens (tertiary/aromatic N) is 1. The number of benzene rings is 2. The van der Waals surface area contributed by atoms with Crippen LogP contribution in [-0.4, -0.2) is 31.6 Å². The first-order valence-corrected chi connectivity index (χ1v) is 8.33. The number of nitrogens with one attached hydrogen (secondary N) is 2. The number of carbonyl (C=O) groups excluding carboxylic acids is 2. The lowest BCUT2D eigenvalue weighted by molar-refractivity contribution is -0.118. The van der Waals surface area contributed by atoms with Gasteiger partial charge in [0.15, 0.2) is 0 Å². The summed E-state index contributed by atoms with van der Waals surface area (Å²) in [5.41, 5.74) is 0.996. The number of halogens is 2. The number of ether oxygens (including phenoxy) is 1. The summed E-state index contributed by atoms with van der Waals surface area (Å²) in [6.07, 6.45) is 0.455. The van der Waals surface area contributed by atoms with Gasteiger partial charge in [-0.3, -0.25) is 4.79 Å². The standard InChI is InChI=1S/C18H17ClFN3O3/c1-26-16-7-2-11(19)10-15(16)22-18(25)21-14-8-9-23(17(14)24)13-5-3-12(20)4-6-13/h2-7,10,14H,8-9H2,1H3,(H2,21,22,25)/t14-/m0/s1. The van der Waals surface area contributed by atoms with Crippen molar-refractivity contribution >= 4 is 34.9 Å². The van der Waals surface area contributed by atoms with Gasteiger partial charge in [-0.2, -0.15) is 0 Å². The predicted octanol–water partition coefficient (Wildman–Crippen LogP) is 3.41. The molecule has 0 unspecified atom stereocenters. The van der Waals surface area contributed by atoms with E-state index >= 15 is 0 Å². The molecule has 0 aromatic heterocycles. The van der Waals surface area contributed by atoms with Gasteiger partial charge < -0.3 is 20.3 Å². The Balaban J connectivity index is 1.64. The molecule has 0 spiro atoms. The summed E-state index contributed by atoms with van der Waals surface area (Å²) in [6.45, 7) is 0.440. The summed E-state index contributed by atoms with van der Waals surface area (Å²) < 4.78 is 18.2. The third-order valence-electron chi connectivity index (χ3n) is 4.06. The summed E-state index contributed by atoms with van der Waals surface area (Å²) in [5, 5.41) is 5.72. The van der Waals surface area contributed by atoms with Crippen molar-refractivity contribution in [1.29, 1.82) is 0 Å². The summed E-state index contributed by atoms with van der Waals surface area (Å²) >= 11 is 5.93. The average molecular weight is 378 g/mol. The first-order valence-electron chi connectivity index (χ1n) is 7.96. The van der Waals surface area contributed by atoms with E-state index in [0.717, 1.165) is 0 Å². The molecule has 3 rings (SSSR count). The van der Waals surface area contributed by atoms with Gasteiger partial charge in [-0.1, -0.05) is 11.6 Å². The quantitative estimate of drug-likeness (QED) is 0.857. The molecular weight excluding hydrogens is 361 g/mol. The number of hydrogen-bond donors (Lipinski definition) is 2. The fourth-order valence-corrected chi connectivity index (χ4v) is 2.96. The van der Waals surface area contributed by atoms with E-state index in [-0.39, 0.29) is 11.7 Å². The molecular formula is C18H17ClFN3O3. The number of carbonyl (C=O) groups is 2. The number of amides is 3. The molecule has 3 amide bonds. The van der Waals surface area contributed by atoms with Crippen LogP contribution in [0.25, 0.3) is 0 Å². The smallest absolute Gasteiger partial charge is 0.319 e. The fourth-order valence-electron chi connectivity index (χ4n) is 2.79. The molecule has 0 saturated carbocycles. The third-order valence-corrected chi connectivity index (χ3v) is 4.29. The van der Waals surface area contributed by atoms with Crippen LogP contribution in [0, 0.1) is 5.82 Å². The Morgan fingerprint density at radius 1 is 1.27 bits per heavy atom. The van der Waals surface area contributed by atoms with E-state index < -0.39 is 12.1 Å². The monoisotopic (exact) mass is 377 g/mol. The average Bonchev–Trinajstić information content (AvgIpc) is 2.96. The van der Waals surface area contributed by atoms with Crippen molar-refractivity contribution in [2.24, 2.45) is 0 Å². The lowest BCUT2D eigenvalue weighted by Gasteiger charge is -2.18. The highest BCUT2D eigenvalue weighted by Crippen LogP contribution is 2.28. The SMILES string of the molecule is COc1ccc(Cl)cc1NC(=O)N[C@H]1CCN(c2ccc(F)cc2)C1=O. The van der Waals surface area contributed by atoms with Gasteiger partial charge in [-0.15, -0.1) is 0 Å². The Morgan fingerprint density at radius 2 is 2.00 bits per heavy atom. The van der Waals surface area contributed by atoms with Crippen LogP contribution in [0.15, 0.2) is 42.5 Å². The molecule has 2 aromatic rings. The highest BCUT2D eigenvalue weighted by molar-refractivity contribution is 6.31. The van der Waals surface area contributed by atoms with E-state index in [1.165, 1.54) is 36.3 Å². The topological polar surface area (TPSA) is 70.7 Å². The Bertz CT molecular complexity index is 829. The molecule has 26 heavy (non-hydrogen) atoms. The van der Waals surface area contributed by atoms with Gasteiger partial charge in [-0.25, -0.2) is 9.18 Å². The molecule has 0 radical (unpaired) electrons. The summed E-state index contributed by atoms with van der Waals surface area (Å²) in [6, 6.07) is 9.29. The van der Waals surface area contributed by atoms with Crippen molar-refractivity contribution in [3.63, 3.8) is 0 Å². The number of urea groups is 1. The molecule has 1 heterocycles. The normalized spacial score (nSPS) is 16.5. The van der Waals surface area contributed by atoms with Crippen molar-refractivity contribution in [3.05, 3.63) is 53.3 Å². The zero-order valence-electron chi connectivity index (χ0n) is 14.0. The molecule has 0 bridgehead atoms. The number of hydrogen-bond acceptors (Lipinski definition) is 3. The molecule has 1 saturated heterocycles. The lowest BCUT2D eigenvalue weighted by Crippen LogP contribution is -2.43. The minimum atomic E-state index is -0.662. The van der Waals surface area contributed by atoms with Gasteiger partial charge in [0, 0.05) is 17.3 Å². The zero-order valence-corrected chi connectivity index (χ0v) is 14.7. The van der Waals surface area contributed by atoms with Crippen LogP contribution in [0.3, 0.4) is 0 Å². The van der Waals surface area contributed by atoms with Crippen molar-refractivity contribution in [3.8, 4) is 5.75 Å². The van der Waals surface area contributed by atoms with Gasteiger partial charge >= 0.3 is 6.03 Å². The first-order chi connectivity index (χ1) is 12.5. The van der Waals surface area contributed by atoms with Crippen LogP contribution >= 0.6 is 11.6 Å². The molecule has 136 valence electrons. The van der Waals surface area contributed by atoms with Crippen molar-refractivity contribution in [1.82, 2.24) is 5.32 Å². The van der Waals surface area contributed by atoms with Crippen LogP contribution in [0.5, 0.6) is 5.75 Å². The largest absolute Gasteiger partial charge is 0.495 e. The van der Waals surface area contributed by atoms with Crippen LogP contribution in [0.1, 0.15) is 6.42 Å². The van der Waals surface area contributed by atoms with Gasteiger partial charge in [0.1, 0.15) is 17.6 Å².